The average molecular weight is 628 g/mol. The summed E-state index contributed by atoms with van der Waals surface area (Å²) in [5, 5.41) is 1.56. The van der Waals surface area contributed by atoms with Crippen LogP contribution in [0.15, 0.2) is 35.2 Å². The van der Waals surface area contributed by atoms with Crippen LogP contribution in [-0.4, -0.2) is 61.9 Å². The first-order valence-electron chi connectivity index (χ1n) is 14.0. The molecule has 1 N–H and O–H groups in total. The molecule has 0 aliphatic carbocycles. The summed E-state index contributed by atoms with van der Waals surface area (Å²) in [6, 6.07) is 9.76. The van der Waals surface area contributed by atoms with Crippen molar-refractivity contribution in [2.24, 2.45) is 0 Å². The Morgan fingerprint density at radius 3 is 1.63 bits per heavy atom. The van der Waals surface area contributed by atoms with E-state index in [9.17, 15) is 13.0 Å². The molecule has 0 heterocycles. The summed E-state index contributed by atoms with van der Waals surface area (Å²) >= 11 is 0. The molecular formula is C30H50BaO3S. The first kappa shape index (κ1) is 33.2. The summed E-state index contributed by atoms with van der Waals surface area (Å²) in [4.78, 5) is 0.156. The van der Waals surface area contributed by atoms with Crippen molar-refractivity contribution in [3.63, 3.8) is 0 Å². The Labute approximate surface area is 256 Å². The number of aryl methyl sites for hydroxylation is 1. The van der Waals surface area contributed by atoms with Gasteiger partial charge in [-0.25, -0.2) is 0 Å². The molecule has 0 aliphatic rings. The summed E-state index contributed by atoms with van der Waals surface area (Å²) in [5.74, 6) is 0. The molecule has 0 spiro atoms. The molecular weight excluding hydrogens is 578 g/mol. The van der Waals surface area contributed by atoms with Gasteiger partial charge in [-0.05, 0) is 42.2 Å². The molecule has 3 nitrogen and oxygen atoms in total. The molecule has 0 fully saturated rings. The summed E-state index contributed by atoms with van der Waals surface area (Å²) in [6.07, 6.45) is 21.4. The second-order valence-corrected chi connectivity index (χ2v) is 11.3. The van der Waals surface area contributed by atoms with E-state index in [1.54, 1.807) is 0 Å². The predicted molar refractivity (Wildman–Crippen MR) is 155 cm³/mol. The molecule has 0 saturated carbocycles. The standard InChI is InChI=1S/C30H48O3S.Ba.2H/c1-3-5-7-9-11-13-15-17-21-26-25-27-22-19-20-24-29(27)30(34(31,32)33)28(26)23-18-16-14-12-10-8-6-4-2;;;/h19-20,22,24-25H,3-18,21,23H2,1-2H3,(H,31,32,33);;;. The Balaban J connectivity index is 0.00000612. The van der Waals surface area contributed by atoms with E-state index in [2.05, 4.69) is 19.9 Å². The average Bonchev–Trinajstić information content (AvgIpc) is 2.81. The van der Waals surface area contributed by atoms with Crippen LogP contribution in [0.5, 0.6) is 0 Å². The summed E-state index contributed by atoms with van der Waals surface area (Å²) in [7, 11) is -4.29. The third-order valence-corrected chi connectivity index (χ3v) is 8.02. The van der Waals surface area contributed by atoms with Crippen molar-refractivity contribution in [1.29, 1.82) is 0 Å². The fourth-order valence-corrected chi connectivity index (χ4v) is 6.10. The van der Waals surface area contributed by atoms with Crippen LogP contribution in [0, 0.1) is 0 Å². The van der Waals surface area contributed by atoms with Crippen LogP contribution in [0.1, 0.15) is 128 Å². The van der Waals surface area contributed by atoms with Gasteiger partial charge in [0.1, 0.15) is 4.90 Å². The number of unbranched alkanes of at least 4 members (excludes halogenated alkanes) is 14. The van der Waals surface area contributed by atoms with E-state index in [1.807, 2.05) is 24.3 Å². The van der Waals surface area contributed by atoms with E-state index in [-0.39, 0.29) is 53.8 Å². The fraction of sp³-hybridized carbons (Fsp3) is 0.667. The topological polar surface area (TPSA) is 54.4 Å². The van der Waals surface area contributed by atoms with E-state index in [0.717, 1.165) is 48.6 Å². The van der Waals surface area contributed by atoms with Crippen molar-refractivity contribution in [3.05, 3.63) is 41.5 Å². The normalized spacial score (nSPS) is 11.6. The van der Waals surface area contributed by atoms with Crippen LogP contribution in [-0.2, 0) is 23.0 Å². The van der Waals surface area contributed by atoms with E-state index in [4.69, 9.17) is 0 Å². The quantitative estimate of drug-likeness (QED) is 0.0965. The van der Waals surface area contributed by atoms with Gasteiger partial charge in [0.15, 0.2) is 0 Å². The number of fused-ring (bicyclic) bond motifs is 1. The Bertz CT molecular complexity index is 940. The molecule has 0 radical (unpaired) electrons. The fourth-order valence-electron chi connectivity index (χ4n) is 5.09. The number of hydrogen-bond donors (Lipinski definition) is 1. The second-order valence-electron chi connectivity index (χ2n) is 9.99. The van der Waals surface area contributed by atoms with Gasteiger partial charge in [0.05, 0.1) is 0 Å². The van der Waals surface area contributed by atoms with Crippen LogP contribution >= 0.6 is 0 Å². The van der Waals surface area contributed by atoms with E-state index >= 15 is 0 Å². The van der Waals surface area contributed by atoms with Crippen LogP contribution in [0.3, 0.4) is 0 Å². The summed E-state index contributed by atoms with van der Waals surface area (Å²) in [6.45, 7) is 4.48. The Morgan fingerprint density at radius 1 is 0.657 bits per heavy atom. The maximum absolute atomic E-state index is 12.5. The SMILES string of the molecule is CCCCCCCCCCc1cc2ccccc2c(S(=O)(=O)O)c1CCCCCCCCCC.[BaH2]. The summed E-state index contributed by atoms with van der Waals surface area (Å²) < 4.78 is 35.2. The Hall–Kier alpha value is 0.181. The van der Waals surface area contributed by atoms with Crippen molar-refractivity contribution in [3.8, 4) is 0 Å². The van der Waals surface area contributed by atoms with E-state index in [0.29, 0.717) is 5.39 Å². The van der Waals surface area contributed by atoms with Crippen LogP contribution in [0.2, 0.25) is 0 Å². The molecule has 0 amide bonds. The van der Waals surface area contributed by atoms with Crippen molar-refractivity contribution in [2.75, 3.05) is 0 Å². The summed E-state index contributed by atoms with van der Waals surface area (Å²) in [5.41, 5.74) is 1.97. The molecule has 0 bridgehead atoms. The van der Waals surface area contributed by atoms with Gasteiger partial charge in [-0.2, -0.15) is 8.42 Å². The zero-order chi connectivity index (χ0) is 24.7. The molecule has 0 atom stereocenters. The zero-order valence-electron chi connectivity index (χ0n) is 21.8. The monoisotopic (exact) mass is 628 g/mol. The maximum atomic E-state index is 12.5. The first-order chi connectivity index (χ1) is 16.5. The van der Waals surface area contributed by atoms with E-state index in [1.165, 1.54) is 83.5 Å². The number of rotatable bonds is 19. The Kier molecular flexibility index (Phi) is 18.3. The zero-order valence-corrected chi connectivity index (χ0v) is 22.6. The molecule has 0 aliphatic heterocycles. The van der Waals surface area contributed by atoms with Crippen molar-refractivity contribution in [1.82, 2.24) is 0 Å². The third kappa shape index (κ3) is 12.5. The minimum absolute atomic E-state index is 0. The predicted octanol–water partition coefficient (Wildman–Crippen LogP) is 8.54. The van der Waals surface area contributed by atoms with Crippen LogP contribution in [0.25, 0.3) is 10.8 Å². The Morgan fingerprint density at radius 2 is 1.11 bits per heavy atom. The molecule has 2 aromatic rings. The van der Waals surface area contributed by atoms with Crippen LogP contribution in [0.4, 0.5) is 0 Å². The third-order valence-electron chi connectivity index (χ3n) is 7.03. The van der Waals surface area contributed by atoms with Gasteiger partial charge in [-0.1, -0.05) is 134 Å². The van der Waals surface area contributed by atoms with Gasteiger partial charge < -0.3 is 0 Å². The number of benzene rings is 2. The van der Waals surface area contributed by atoms with Crippen molar-refractivity contribution >= 4 is 69.8 Å². The van der Waals surface area contributed by atoms with Crippen molar-refractivity contribution < 1.29 is 13.0 Å². The molecule has 0 aromatic heterocycles. The molecule has 2 rings (SSSR count). The first-order valence-corrected chi connectivity index (χ1v) is 15.4. The van der Waals surface area contributed by atoms with Gasteiger partial charge in [-0.3, -0.25) is 4.55 Å². The van der Waals surface area contributed by atoms with E-state index < -0.39 is 10.1 Å². The van der Waals surface area contributed by atoms with Crippen LogP contribution < -0.4 is 0 Å². The van der Waals surface area contributed by atoms with Gasteiger partial charge in [-0.15, -0.1) is 0 Å². The van der Waals surface area contributed by atoms with Gasteiger partial charge in [0, 0.05) is 5.39 Å². The molecule has 2 aromatic carbocycles. The minimum atomic E-state index is -4.29. The molecule has 0 unspecified atom stereocenters. The molecule has 5 heteroatoms. The van der Waals surface area contributed by atoms with Gasteiger partial charge >= 0.3 is 48.9 Å². The van der Waals surface area contributed by atoms with Gasteiger partial charge in [0.2, 0.25) is 0 Å². The van der Waals surface area contributed by atoms with Gasteiger partial charge in [0.25, 0.3) is 10.1 Å². The molecule has 196 valence electrons. The molecule has 35 heavy (non-hydrogen) atoms. The second kappa shape index (κ2) is 19.3. The number of hydrogen-bond acceptors (Lipinski definition) is 2. The van der Waals surface area contributed by atoms with Crippen molar-refractivity contribution in [2.45, 2.75) is 134 Å². The molecule has 0 saturated heterocycles.